The van der Waals surface area contributed by atoms with Crippen molar-refractivity contribution >= 4 is 29.2 Å². The summed E-state index contributed by atoms with van der Waals surface area (Å²) in [6.45, 7) is 0. The lowest BCUT2D eigenvalue weighted by atomic mass is 10.3. The molecule has 0 spiro atoms. The van der Waals surface area contributed by atoms with Crippen molar-refractivity contribution in [2.75, 3.05) is 0 Å². The second kappa shape index (κ2) is 4.95. The summed E-state index contributed by atoms with van der Waals surface area (Å²) in [5.74, 6) is 0. The Hall–Kier alpha value is -1.98. The van der Waals surface area contributed by atoms with Gasteiger partial charge in [-0.25, -0.2) is 9.67 Å². The van der Waals surface area contributed by atoms with Gasteiger partial charge in [-0.3, -0.25) is 4.79 Å². The molecule has 1 aromatic carbocycles. The lowest BCUT2D eigenvalue weighted by Crippen LogP contribution is -1.95. The van der Waals surface area contributed by atoms with E-state index < -0.39 is 0 Å². The standard InChI is InChI=1S/C13H8ClN3OS/c14-10-3-1-2-4-11(10)17-7-9(8-18)12(16-17)13-15-5-6-19-13/h1-8H. The van der Waals surface area contributed by atoms with Crippen LogP contribution in [0.3, 0.4) is 0 Å². The Bertz CT molecular complexity index is 721. The van der Waals surface area contributed by atoms with Crippen LogP contribution in [0.4, 0.5) is 0 Å². The fourth-order valence-electron chi connectivity index (χ4n) is 1.74. The van der Waals surface area contributed by atoms with Crippen LogP contribution >= 0.6 is 22.9 Å². The van der Waals surface area contributed by atoms with Crippen molar-refractivity contribution in [1.29, 1.82) is 0 Å². The number of hydrogen-bond donors (Lipinski definition) is 0. The number of carbonyl (C=O) groups excluding carboxylic acids is 1. The number of benzene rings is 1. The molecule has 0 unspecified atom stereocenters. The molecule has 0 fully saturated rings. The van der Waals surface area contributed by atoms with Gasteiger partial charge in [0, 0.05) is 17.8 Å². The number of nitrogens with zero attached hydrogens (tertiary/aromatic N) is 3. The minimum atomic E-state index is 0.495. The van der Waals surface area contributed by atoms with Crippen LogP contribution < -0.4 is 0 Å². The quantitative estimate of drug-likeness (QED) is 0.694. The fraction of sp³-hybridized carbons (Fsp3) is 0. The van der Waals surface area contributed by atoms with Gasteiger partial charge in [0.25, 0.3) is 0 Å². The van der Waals surface area contributed by atoms with Gasteiger partial charge in [0.15, 0.2) is 6.29 Å². The summed E-state index contributed by atoms with van der Waals surface area (Å²) in [4.78, 5) is 15.3. The van der Waals surface area contributed by atoms with Gasteiger partial charge in [-0.15, -0.1) is 11.3 Å². The molecule has 0 aliphatic carbocycles. The molecule has 19 heavy (non-hydrogen) atoms. The van der Waals surface area contributed by atoms with Crippen LogP contribution in [0, 0.1) is 0 Å². The summed E-state index contributed by atoms with van der Waals surface area (Å²) in [5.41, 5.74) is 1.80. The fourth-order valence-corrected chi connectivity index (χ4v) is 2.61. The van der Waals surface area contributed by atoms with Gasteiger partial charge in [0.05, 0.1) is 16.3 Å². The molecule has 0 bridgehead atoms. The van der Waals surface area contributed by atoms with Gasteiger partial charge in [-0.05, 0) is 12.1 Å². The molecule has 3 rings (SSSR count). The Balaban J connectivity index is 2.15. The van der Waals surface area contributed by atoms with Gasteiger partial charge < -0.3 is 0 Å². The molecule has 0 N–H and O–H groups in total. The first-order valence-electron chi connectivity index (χ1n) is 5.49. The van der Waals surface area contributed by atoms with E-state index in [1.807, 2.05) is 23.6 Å². The third-order valence-electron chi connectivity index (χ3n) is 2.60. The lowest BCUT2D eigenvalue weighted by molar-refractivity contribution is 0.112. The number of thiazole rings is 1. The van der Waals surface area contributed by atoms with Crippen LogP contribution in [-0.4, -0.2) is 21.1 Å². The number of para-hydroxylation sites is 1. The summed E-state index contributed by atoms with van der Waals surface area (Å²) in [5, 5.41) is 7.54. The molecule has 2 heterocycles. The maximum Gasteiger partial charge on any atom is 0.153 e. The average molecular weight is 290 g/mol. The molecule has 0 radical (unpaired) electrons. The molecule has 94 valence electrons. The molecule has 2 aromatic heterocycles. The molecule has 0 aliphatic heterocycles. The van der Waals surface area contributed by atoms with E-state index in [1.54, 1.807) is 23.1 Å². The zero-order valence-electron chi connectivity index (χ0n) is 9.65. The van der Waals surface area contributed by atoms with Crippen LogP contribution in [0.1, 0.15) is 10.4 Å². The second-order valence-electron chi connectivity index (χ2n) is 3.78. The molecular weight excluding hydrogens is 282 g/mol. The Kier molecular flexibility index (Phi) is 3.15. The Morgan fingerprint density at radius 1 is 1.32 bits per heavy atom. The van der Waals surface area contributed by atoms with Gasteiger partial charge in [0.2, 0.25) is 0 Å². The van der Waals surface area contributed by atoms with E-state index in [2.05, 4.69) is 10.1 Å². The smallest absolute Gasteiger partial charge is 0.153 e. The van der Waals surface area contributed by atoms with E-state index in [0.717, 1.165) is 12.0 Å². The highest BCUT2D eigenvalue weighted by molar-refractivity contribution is 7.13. The van der Waals surface area contributed by atoms with E-state index in [9.17, 15) is 4.79 Å². The number of rotatable bonds is 3. The number of halogens is 1. The van der Waals surface area contributed by atoms with Crippen LogP contribution in [0.25, 0.3) is 16.4 Å². The normalized spacial score (nSPS) is 10.6. The minimum Gasteiger partial charge on any atom is -0.298 e. The maximum atomic E-state index is 11.1. The zero-order valence-corrected chi connectivity index (χ0v) is 11.2. The Morgan fingerprint density at radius 2 is 2.16 bits per heavy atom. The monoisotopic (exact) mass is 289 g/mol. The van der Waals surface area contributed by atoms with Gasteiger partial charge >= 0.3 is 0 Å². The van der Waals surface area contributed by atoms with E-state index in [0.29, 0.717) is 21.3 Å². The van der Waals surface area contributed by atoms with Gasteiger partial charge in [-0.1, -0.05) is 23.7 Å². The molecule has 0 saturated heterocycles. The molecular formula is C13H8ClN3OS. The van der Waals surface area contributed by atoms with Crippen LogP contribution in [-0.2, 0) is 0 Å². The van der Waals surface area contributed by atoms with Crippen molar-refractivity contribution in [3.8, 4) is 16.4 Å². The second-order valence-corrected chi connectivity index (χ2v) is 5.09. The Morgan fingerprint density at radius 3 is 2.84 bits per heavy atom. The molecule has 3 aromatic rings. The molecule has 0 amide bonds. The third kappa shape index (κ3) is 2.18. The first-order chi connectivity index (χ1) is 9.29. The van der Waals surface area contributed by atoms with E-state index in [4.69, 9.17) is 11.6 Å². The number of hydrogen-bond acceptors (Lipinski definition) is 4. The van der Waals surface area contributed by atoms with Crippen molar-refractivity contribution in [3.05, 3.63) is 52.6 Å². The molecule has 0 atom stereocenters. The van der Waals surface area contributed by atoms with Crippen LogP contribution in [0.15, 0.2) is 42.0 Å². The molecule has 6 heteroatoms. The molecule has 0 saturated carbocycles. The van der Waals surface area contributed by atoms with Gasteiger partial charge in [0.1, 0.15) is 10.7 Å². The van der Waals surface area contributed by atoms with Crippen molar-refractivity contribution < 1.29 is 4.79 Å². The summed E-state index contributed by atoms with van der Waals surface area (Å²) in [6, 6.07) is 7.34. The summed E-state index contributed by atoms with van der Waals surface area (Å²) < 4.78 is 1.60. The first-order valence-corrected chi connectivity index (χ1v) is 6.75. The average Bonchev–Trinajstić information content (AvgIpc) is 3.08. The third-order valence-corrected chi connectivity index (χ3v) is 3.70. The number of aldehydes is 1. The SMILES string of the molecule is O=Cc1cn(-c2ccccc2Cl)nc1-c1nccs1. The zero-order chi connectivity index (χ0) is 13.2. The predicted molar refractivity (Wildman–Crippen MR) is 75.1 cm³/mol. The maximum absolute atomic E-state index is 11.1. The predicted octanol–water partition coefficient (Wildman–Crippen LogP) is 3.46. The summed E-state index contributed by atoms with van der Waals surface area (Å²) in [6.07, 6.45) is 4.12. The van der Waals surface area contributed by atoms with E-state index >= 15 is 0 Å². The van der Waals surface area contributed by atoms with E-state index in [1.165, 1.54) is 11.3 Å². The van der Waals surface area contributed by atoms with Crippen molar-refractivity contribution in [3.63, 3.8) is 0 Å². The molecule has 4 nitrogen and oxygen atoms in total. The Labute approximate surface area is 118 Å². The highest BCUT2D eigenvalue weighted by atomic mass is 35.5. The molecule has 0 aliphatic rings. The van der Waals surface area contributed by atoms with E-state index in [-0.39, 0.29) is 0 Å². The van der Waals surface area contributed by atoms with Gasteiger partial charge in [-0.2, -0.15) is 5.10 Å². The van der Waals surface area contributed by atoms with Crippen LogP contribution in [0.5, 0.6) is 0 Å². The minimum absolute atomic E-state index is 0.495. The number of aromatic nitrogens is 3. The highest BCUT2D eigenvalue weighted by Crippen LogP contribution is 2.26. The summed E-state index contributed by atoms with van der Waals surface area (Å²) in [7, 11) is 0. The number of carbonyl (C=O) groups is 1. The summed E-state index contributed by atoms with van der Waals surface area (Å²) >= 11 is 7.57. The van der Waals surface area contributed by atoms with Crippen molar-refractivity contribution in [2.24, 2.45) is 0 Å². The largest absolute Gasteiger partial charge is 0.298 e. The van der Waals surface area contributed by atoms with Crippen molar-refractivity contribution in [1.82, 2.24) is 14.8 Å². The van der Waals surface area contributed by atoms with Crippen molar-refractivity contribution in [2.45, 2.75) is 0 Å². The van der Waals surface area contributed by atoms with Crippen LogP contribution in [0.2, 0.25) is 5.02 Å². The topological polar surface area (TPSA) is 47.8 Å². The first kappa shape index (κ1) is 12.1. The highest BCUT2D eigenvalue weighted by Gasteiger charge is 2.14. The lowest BCUT2D eigenvalue weighted by Gasteiger charge is -2.02.